The Bertz CT molecular complexity index is 72.4. The molecule has 0 amide bonds. The zero-order valence-corrected chi connectivity index (χ0v) is 9.45. The van der Waals surface area contributed by atoms with E-state index in [0.717, 1.165) is 0 Å². The van der Waals surface area contributed by atoms with E-state index in [1.165, 1.54) is 0 Å². The number of halogens is 3. The van der Waals surface area contributed by atoms with Crippen molar-refractivity contribution >= 4 is 28.6 Å². The van der Waals surface area contributed by atoms with E-state index in [-0.39, 0.29) is 0 Å². The van der Waals surface area contributed by atoms with E-state index in [9.17, 15) is 0 Å². The van der Waals surface area contributed by atoms with Gasteiger partial charge in [0, 0.05) is 0 Å². The Morgan fingerprint density at radius 3 is 0.889 bits per heavy atom. The maximum absolute atomic E-state index is 5.08. The Hall–Kier alpha value is 2.03. The molecule has 0 aliphatic rings. The van der Waals surface area contributed by atoms with Crippen LogP contribution >= 0.6 is 28.6 Å². The standard InChI is InChI=1S/3ClH.4H2N.2Pd/h3*1H;4*1H2;;/q;;;4*-1;+1;+6/p-3. The van der Waals surface area contributed by atoms with Crippen LogP contribution < -0.4 is 17.5 Å². The van der Waals surface area contributed by atoms with E-state index in [0.29, 0.717) is 0 Å². The van der Waals surface area contributed by atoms with Crippen molar-refractivity contribution < 1.29 is 30.2 Å². The Balaban J connectivity index is 0. The molecule has 0 spiro atoms. The van der Waals surface area contributed by atoms with E-state index in [1.54, 1.807) is 0 Å². The summed E-state index contributed by atoms with van der Waals surface area (Å²) in [5.74, 6) is 0. The molecule has 0 aliphatic heterocycles. The molecular formula is H8Cl3N4Pd2. The van der Waals surface area contributed by atoms with Crippen molar-refractivity contribution in [1.82, 2.24) is 0 Å². The quantitative estimate of drug-likeness (QED) is 0.431. The molecule has 0 aromatic carbocycles. The van der Waals surface area contributed by atoms with Crippen LogP contribution in [0.3, 0.4) is 0 Å². The Labute approximate surface area is 75.5 Å². The molecule has 9 heavy (non-hydrogen) atoms. The van der Waals surface area contributed by atoms with Gasteiger partial charge in [-0.05, 0) is 0 Å². The number of nitrogens with two attached hydrogens (primary N) is 4. The Kier molecular flexibility index (Phi) is 4.27. The summed E-state index contributed by atoms with van der Waals surface area (Å²) < 4.78 is 19.5. The second kappa shape index (κ2) is 2.82. The van der Waals surface area contributed by atoms with Gasteiger partial charge in [-0.1, -0.05) is 0 Å². The van der Waals surface area contributed by atoms with Crippen molar-refractivity contribution in [2.75, 3.05) is 0 Å². The van der Waals surface area contributed by atoms with Crippen molar-refractivity contribution in [2.24, 2.45) is 17.5 Å². The number of rotatable bonds is 0. The van der Waals surface area contributed by atoms with E-state index in [4.69, 9.17) is 36.5 Å². The minimum atomic E-state index is -4.97. The molecule has 0 bridgehead atoms. The molecule has 9 heteroatoms. The van der Waals surface area contributed by atoms with Gasteiger partial charge in [-0.15, -0.1) is 0 Å². The molecule has 0 radical (unpaired) electrons. The molecule has 0 saturated carbocycles. The topological polar surface area (TPSA) is 104 Å². The number of hydrogen-bond acceptors (Lipinski definition) is 4. The predicted molar refractivity (Wildman–Crippen MR) is 34.3 cm³/mol. The van der Waals surface area contributed by atoms with Gasteiger partial charge in [-0.2, -0.15) is 0 Å². The minimum absolute atomic E-state index is 2.22. The fraction of sp³-hybridized carbons (Fsp3) is 0. The second-order valence-electron chi connectivity index (χ2n) is 1.23. The average Bonchev–Trinajstić information content (AvgIpc) is 1.30. The van der Waals surface area contributed by atoms with Gasteiger partial charge >= 0.3 is 76.3 Å². The van der Waals surface area contributed by atoms with E-state index in [2.05, 4.69) is 27.7 Å². The first-order valence-corrected chi connectivity index (χ1v) is 10.7. The van der Waals surface area contributed by atoms with Gasteiger partial charge in [0.25, 0.3) is 0 Å². The molecule has 0 aromatic rings. The normalized spacial score (nSPS) is 18.8. The zero-order chi connectivity index (χ0) is 8.41. The van der Waals surface area contributed by atoms with Gasteiger partial charge in [0.1, 0.15) is 0 Å². The Morgan fingerprint density at radius 2 is 0.889 bits per heavy atom. The maximum atomic E-state index is 5.08. The van der Waals surface area contributed by atoms with Crippen molar-refractivity contribution in [3.8, 4) is 0 Å². The number of hydrogen-bond donors (Lipinski definition) is 4. The third-order valence-electron chi connectivity index (χ3n) is 0. The van der Waals surface area contributed by atoms with Gasteiger partial charge in [-0.25, -0.2) is 0 Å². The molecule has 8 N–H and O–H groups in total. The van der Waals surface area contributed by atoms with Crippen LogP contribution in [0.1, 0.15) is 0 Å². The molecular weight excluding hydrogens is 375 g/mol. The summed E-state index contributed by atoms with van der Waals surface area (Å²) in [7, 11) is 14.6. The van der Waals surface area contributed by atoms with Crippen LogP contribution in [0.5, 0.6) is 0 Å². The predicted octanol–water partition coefficient (Wildman–Crippen LogP) is -0.299. The molecule has 0 atom stereocenters. The van der Waals surface area contributed by atoms with Crippen LogP contribution in [-0.2, 0) is 30.2 Å². The first-order chi connectivity index (χ1) is 3.45. The second-order valence-corrected chi connectivity index (χ2v) is 15.9. The van der Waals surface area contributed by atoms with E-state index >= 15 is 0 Å². The van der Waals surface area contributed by atoms with Crippen LogP contribution in [0, 0.1) is 0 Å². The molecule has 69 valence electrons. The van der Waals surface area contributed by atoms with Gasteiger partial charge in [0.15, 0.2) is 0 Å². The monoisotopic (exact) mass is 381 g/mol. The fourth-order valence-electron chi connectivity index (χ4n) is 0. The van der Waals surface area contributed by atoms with Crippen LogP contribution in [0.4, 0.5) is 0 Å². The van der Waals surface area contributed by atoms with Crippen molar-refractivity contribution in [2.45, 2.75) is 0 Å². The SMILES string of the molecule is [Cl][Pd].[NH2][Pd]([NH2])([NH2])([NH2])([Cl])[Cl]. The summed E-state index contributed by atoms with van der Waals surface area (Å²) in [5, 5.41) is 0. The fourth-order valence-corrected chi connectivity index (χ4v) is 0. The van der Waals surface area contributed by atoms with Crippen molar-refractivity contribution in [1.29, 1.82) is 0 Å². The van der Waals surface area contributed by atoms with Crippen LogP contribution in [-0.4, -0.2) is 0 Å². The van der Waals surface area contributed by atoms with Crippen molar-refractivity contribution in [3.05, 3.63) is 0 Å². The third kappa shape index (κ3) is 156. The summed E-state index contributed by atoms with van der Waals surface area (Å²) in [6, 6.07) is 0. The summed E-state index contributed by atoms with van der Waals surface area (Å²) in [6.07, 6.45) is 0. The van der Waals surface area contributed by atoms with E-state index in [1.807, 2.05) is 0 Å². The molecule has 4 nitrogen and oxygen atoms in total. The summed E-state index contributed by atoms with van der Waals surface area (Å²) in [4.78, 5) is 0. The molecule has 0 unspecified atom stereocenters. The third-order valence-corrected chi connectivity index (χ3v) is 0. The van der Waals surface area contributed by atoms with Gasteiger partial charge in [-0.3, -0.25) is 0 Å². The summed E-state index contributed by atoms with van der Waals surface area (Å²) in [6.45, 7) is 0. The van der Waals surface area contributed by atoms with Crippen LogP contribution in [0.2, 0.25) is 0 Å². The molecule has 0 saturated heterocycles. The zero-order valence-electron chi connectivity index (χ0n) is 4.08. The summed E-state index contributed by atoms with van der Waals surface area (Å²) in [5.41, 5.74) is 0. The van der Waals surface area contributed by atoms with Crippen molar-refractivity contribution in [3.63, 3.8) is 0 Å². The average molecular weight is 383 g/mol. The first-order valence-electron chi connectivity index (χ1n) is 1.09. The first kappa shape index (κ1) is 13.6. The van der Waals surface area contributed by atoms with Gasteiger partial charge < -0.3 is 0 Å². The Morgan fingerprint density at radius 1 is 0.889 bits per heavy atom. The van der Waals surface area contributed by atoms with Crippen LogP contribution in [0.15, 0.2) is 0 Å². The van der Waals surface area contributed by atoms with Gasteiger partial charge in [0.05, 0.1) is 0 Å². The summed E-state index contributed by atoms with van der Waals surface area (Å²) >= 11 is -2.75. The molecule has 0 fully saturated rings. The molecule has 0 rings (SSSR count). The molecule has 0 aliphatic carbocycles. The van der Waals surface area contributed by atoms with E-state index < -0.39 is 12.0 Å². The molecule has 0 heterocycles. The van der Waals surface area contributed by atoms with Crippen LogP contribution in [0.25, 0.3) is 0 Å². The van der Waals surface area contributed by atoms with Gasteiger partial charge in [0.2, 0.25) is 0 Å². The molecule has 0 aromatic heterocycles.